The highest BCUT2D eigenvalue weighted by Crippen LogP contribution is 2.28. The molecule has 0 N–H and O–H groups in total. The Balaban J connectivity index is 1.44. The van der Waals surface area contributed by atoms with Crippen LogP contribution in [0.25, 0.3) is 5.13 Å². The summed E-state index contributed by atoms with van der Waals surface area (Å²) in [6.45, 7) is 4.40. The predicted molar refractivity (Wildman–Crippen MR) is 91.6 cm³/mol. The first kappa shape index (κ1) is 15.6. The highest BCUT2D eigenvalue weighted by molar-refractivity contribution is 7.17. The molecule has 4 rings (SSSR count). The molecule has 0 aliphatic carbocycles. The molecule has 0 saturated carbocycles. The van der Waals surface area contributed by atoms with E-state index in [-0.39, 0.29) is 11.8 Å². The minimum absolute atomic E-state index is 0.0516. The van der Waals surface area contributed by atoms with Gasteiger partial charge in [-0.15, -0.1) is 10.2 Å². The number of rotatable bonds is 3. The van der Waals surface area contributed by atoms with E-state index in [2.05, 4.69) is 15.1 Å². The molecule has 2 aromatic heterocycles. The van der Waals surface area contributed by atoms with Gasteiger partial charge in [-0.2, -0.15) is 0 Å². The van der Waals surface area contributed by atoms with E-state index in [0.29, 0.717) is 26.3 Å². The molecule has 2 aliphatic heterocycles. The summed E-state index contributed by atoms with van der Waals surface area (Å²) in [5.74, 6) is 0.314. The Hall–Kier alpha value is -1.93. The summed E-state index contributed by atoms with van der Waals surface area (Å²) in [6, 6.07) is 3.94. The van der Waals surface area contributed by atoms with Gasteiger partial charge in [-0.3, -0.25) is 9.36 Å². The van der Waals surface area contributed by atoms with Crippen molar-refractivity contribution in [3.8, 4) is 5.13 Å². The lowest BCUT2D eigenvalue weighted by molar-refractivity contribution is -0.139. The molecule has 128 valence electrons. The van der Waals surface area contributed by atoms with E-state index < -0.39 is 0 Å². The number of hydrogen-bond donors (Lipinski definition) is 0. The minimum Gasteiger partial charge on any atom is -0.378 e. The summed E-state index contributed by atoms with van der Waals surface area (Å²) >= 11 is 1.57. The van der Waals surface area contributed by atoms with Crippen LogP contribution in [0.15, 0.2) is 24.5 Å². The fourth-order valence-corrected chi connectivity index (χ4v) is 4.15. The SMILES string of the molecule is O=C(C1CCCN(c2nnc(-n3cccc3)s2)C1)N1CCOCC1. The van der Waals surface area contributed by atoms with Gasteiger partial charge in [0, 0.05) is 38.6 Å². The van der Waals surface area contributed by atoms with Crippen molar-refractivity contribution in [2.45, 2.75) is 12.8 Å². The molecule has 4 heterocycles. The maximum atomic E-state index is 12.7. The molecule has 0 radical (unpaired) electrons. The summed E-state index contributed by atoms with van der Waals surface area (Å²) in [4.78, 5) is 16.9. The molecule has 8 heteroatoms. The fraction of sp³-hybridized carbons (Fsp3) is 0.562. The van der Waals surface area contributed by atoms with E-state index in [0.717, 1.165) is 36.2 Å². The lowest BCUT2D eigenvalue weighted by atomic mass is 9.96. The first-order chi connectivity index (χ1) is 11.8. The maximum absolute atomic E-state index is 12.7. The van der Waals surface area contributed by atoms with Gasteiger partial charge in [0.05, 0.1) is 19.1 Å². The number of carbonyl (C=O) groups is 1. The van der Waals surface area contributed by atoms with Crippen molar-refractivity contribution in [2.75, 3.05) is 44.3 Å². The van der Waals surface area contributed by atoms with Crippen molar-refractivity contribution < 1.29 is 9.53 Å². The van der Waals surface area contributed by atoms with Crippen molar-refractivity contribution >= 4 is 22.4 Å². The molecule has 0 spiro atoms. The molecular formula is C16H21N5O2S. The molecule has 24 heavy (non-hydrogen) atoms. The molecule has 1 atom stereocenters. The molecule has 1 unspecified atom stereocenters. The monoisotopic (exact) mass is 347 g/mol. The van der Waals surface area contributed by atoms with Crippen LogP contribution >= 0.6 is 11.3 Å². The number of amides is 1. The van der Waals surface area contributed by atoms with Gasteiger partial charge >= 0.3 is 0 Å². The molecular weight excluding hydrogens is 326 g/mol. The fourth-order valence-electron chi connectivity index (χ4n) is 3.30. The second kappa shape index (κ2) is 6.90. The smallest absolute Gasteiger partial charge is 0.227 e. The third-order valence-electron chi connectivity index (χ3n) is 4.59. The van der Waals surface area contributed by atoms with Gasteiger partial charge < -0.3 is 14.5 Å². The van der Waals surface area contributed by atoms with Crippen LogP contribution in [0.5, 0.6) is 0 Å². The van der Waals surface area contributed by atoms with E-state index in [9.17, 15) is 4.79 Å². The van der Waals surface area contributed by atoms with Gasteiger partial charge in [0.2, 0.25) is 16.2 Å². The summed E-state index contributed by atoms with van der Waals surface area (Å²) in [5.41, 5.74) is 0. The molecule has 2 aliphatic rings. The second-order valence-corrected chi connectivity index (χ2v) is 7.11. The maximum Gasteiger partial charge on any atom is 0.227 e. The first-order valence-corrected chi connectivity index (χ1v) is 9.21. The Kier molecular flexibility index (Phi) is 4.48. The lowest BCUT2D eigenvalue weighted by Crippen LogP contribution is -2.48. The highest BCUT2D eigenvalue weighted by Gasteiger charge is 2.31. The molecule has 2 aromatic rings. The van der Waals surface area contributed by atoms with Gasteiger partial charge in [-0.25, -0.2) is 0 Å². The number of carbonyl (C=O) groups excluding carboxylic acids is 1. The molecule has 7 nitrogen and oxygen atoms in total. The van der Waals surface area contributed by atoms with Crippen molar-refractivity contribution in [1.82, 2.24) is 19.7 Å². The van der Waals surface area contributed by atoms with E-state index in [1.54, 1.807) is 11.3 Å². The average Bonchev–Trinajstić information content (AvgIpc) is 3.33. The van der Waals surface area contributed by atoms with Crippen LogP contribution in [0.4, 0.5) is 5.13 Å². The number of nitrogens with zero attached hydrogens (tertiary/aromatic N) is 5. The van der Waals surface area contributed by atoms with Crippen molar-refractivity contribution in [1.29, 1.82) is 0 Å². The number of anilines is 1. The van der Waals surface area contributed by atoms with Crippen LogP contribution in [0.1, 0.15) is 12.8 Å². The average molecular weight is 347 g/mol. The zero-order valence-corrected chi connectivity index (χ0v) is 14.3. The van der Waals surface area contributed by atoms with Gasteiger partial charge in [-0.1, -0.05) is 11.3 Å². The number of ether oxygens (including phenoxy) is 1. The molecule has 1 amide bonds. The summed E-state index contributed by atoms with van der Waals surface area (Å²) < 4.78 is 7.30. The molecule has 0 aromatic carbocycles. The molecule has 2 fully saturated rings. The molecule has 0 bridgehead atoms. The van der Waals surface area contributed by atoms with Gasteiger partial charge in [0.15, 0.2) is 0 Å². The Morgan fingerprint density at radius 1 is 1.12 bits per heavy atom. The third kappa shape index (κ3) is 3.16. The van der Waals surface area contributed by atoms with Gasteiger partial charge in [0.1, 0.15) is 0 Å². The largest absolute Gasteiger partial charge is 0.378 e. The number of morpholine rings is 1. The summed E-state index contributed by atoms with van der Waals surface area (Å²) in [6.07, 6.45) is 5.89. The predicted octanol–water partition coefficient (Wildman–Crippen LogP) is 1.40. The normalized spacial score (nSPS) is 21.9. The van der Waals surface area contributed by atoms with E-state index in [1.807, 2.05) is 34.0 Å². The van der Waals surface area contributed by atoms with Crippen LogP contribution in [-0.2, 0) is 9.53 Å². The first-order valence-electron chi connectivity index (χ1n) is 8.39. The quantitative estimate of drug-likeness (QED) is 0.840. The lowest BCUT2D eigenvalue weighted by Gasteiger charge is -2.35. The van der Waals surface area contributed by atoms with Crippen LogP contribution in [-0.4, -0.2) is 65.0 Å². The Morgan fingerprint density at radius 2 is 1.88 bits per heavy atom. The molecule has 2 saturated heterocycles. The van der Waals surface area contributed by atoms with Crippen LogP contribution in [0.3, 0.4) is 0 Å². The number of aromatic nitrogens is 3. The Morgan fingerprint density at radius 3 is 2.67 bits per heavy atom. The standard InChI is InChI=1S/C16H21N5O2S/c22-14(19-8-10-23-11-9-19)13-4-3-7-21(12-13)16-18-17-15(24-16)20-5-1-2-6-20/h1-2,5-6,13H,3-4,7-12H2. The van der Waals surface area contributed by atoms with Crippen molar-refractivity contribution in [3.63, 3.8) is 0 Å². The number of hydrogen-bond acceptors (Lipinski definition) is 6. The second-order valence-electron chi connectivity index (χ2n) is 6.18. The van der Waals surface area contributed by atoms with Gasteiger partial charge in [0.25, 0.3) is 0 Å². The highest BCUT2D eigenvalue weighted by atomic mass is 32.1. The van der Waals surface area contributed by atoms with E-state index in [4.69, 9.17) is 4.74 Å². The topological polar surface area (TPSA) is 63.5 Å². The zero-order valence-electron chi connectivity index (χ0n) is 13.5. The van der Waals surface area contributed by atoms with Crippen LogP contribution in [0.2, 0.25) is 0 Å². The van der Waals surface area contributed by atoms with Gasteiger partial charge in [-0.05, 0) is 25.0 Å². The minimum atomic E-state index is 0.0516. The Labute approximate surface area is 144 Å². The zero-order chi connectivity index (χ0) is 16.4. The summed E-state index contributed by atoms with van der Waals surface area (Å²) in [7, 11) is 0. The van der Waals surface area contributed by atoms with Crippen LogP contribution < -0.4 is 4.90 Å². The van der Waals surface area contributed by atoms with E-state index >= 15 is 0 Å². The Bertz CT molecular complexity index is 680. The van der Waals surface area contributed by atoms with Crippen molar-refractivity contribution in [3.05, 3.63) is 24.5 Å². The van der Waals surface area contributed by atoms with E-state index in [1.165, 1.54) is 0 Å². The third-order valence-corrected chi connectivity index (χ3v) is 5.59. The number of piperidine rings is 1. The summed E-state index contributed by atoms with van der Waals surface area (Å²) in [5, 5.41) is 10.4. The van der Waals surface area contributed by atoms with Crippen LogP contribution in [0, 0.1) is 5.92 Å². The van der Waals surface area contributed by atoms with Crippen molar-refractivity contribution in [2.24, 2.45) is 5.92 Å².